The number of aromatic hydroxyl groups is 1. The molecule has 0 fully saturated rings. The number of hydrazine groups is 1. The molecule has 0 aliphatic rings. The van der Waals surface area contributed by atoms with Crippen molar-refractivity contribution in [1.29, 1.82) is 0 Å². The smallest absolute Gasteiger partial charge is 0.266 e. The second-order valence-electron chi connectivity index (χ2n) is 3.92. The van der Waals surface area contributed by atoms with Gasteiger partial charge in [-0.2, -0.15) is 0 Å². The Morgan fingerprint density at radius 3 is 2.35 bits per heavy atom. The van der Waals surface area contributed by atoms with E-state index < -0.39 is 15.9 Å². The number of nitrogens with one attached hydrogen (secondary N) is 2. The van der Waals surface area contributed by atoms with Gasteiger partial charge in [0.1, 0.15) is 5.75 Å². The first-order valence-corrected chi connectivity index (χ1v) is 7.13. The van der Waals surface area contributed by atoms with E-state index in [2.05, 4.69) is 5.43 Å². The summed E-state index contributed by atoms with van der Waals surface area (Å²) in [4.78, 5) is 13.7. The van der Waals surface area contributed by atoms with Crippen LogP contribution in [0.1, 0.15) is 10.4 Å². The number of benzene rings is 2. The summed E-state index contributed by atoms with van der Waals surface area (Å²) in [5, 5.41) is 9.25. The molecule has 0 bridgehead atoms. The average molecular weight is 292 g/mol. The minimum absolute atomic E-state index is 0.0382. The van der Waals surface area contributed by atoms with Crippen LogP contribution in [0, 0.1) is 0 Å². The number of phenolic OH excluding ortho intramolecular Hbond substituents is 1. The van der Waals surface area contributed by atoms with Crippen LogP contribution < -0.4 is 10.3 Å². The normalized spacial score (nSPS) is 11.0. The first-order valence-electron chi connectivity index (χ1n) is 5.65. The van der Waals surface area contributed by atoms with E-state index >= 15 is 0 Å². The Balaban J connectivity index is 2.07. The van der Waals surface area contributed by atoms with Gasteiger partial charge < -0.3 is 5.11 Å². The second kappa shape index (κ2) is 5.72. The molecule has 0 aliphatic carbocycles. The minimum Gasteiger partial charge on any atom is -0.508 e. The Morgan fingerprint density at radius 2 is 1.70 bits per heavy atom. The van der Waals surface area contributed by atoms with Gasteiger partial charge in [-0.15, -0.1) is 4.83 Å². The third kappa shape index (κ3) is 3.34. The molecule has 0 aromatic heterocycles. The van der Waals surface area contributed by atoms with E-state index in [9.17, 15) is 18.3 Å². The molecular weight excluding hydrogens is 280 g/mol. The molecule has 0 saturated heterocycles. The molecule has 0 unspecified atom stereocenters. The maximum atomic E-state index is 11.9. The zero-order valence-corrected chi connectivity index (χ0v) is 11.1. The van der Waals surface area contributed by atoms with Gasteiger partial charge in [-0.05, 0) is 30.3 Å². The van der Waals surface area contributed by atoms with Crippen LogP contribution in [0.3, 0.4) is 0 Å². The molecule has 0 saturated carbocycles. The van der Waals surface area contributed by atoms with Crippen LogP contribution >= 0.6 is 0 Å². The molecule has 6 nitrogen and oxygen atoms in total. The fourth-order valence-corrected chi connectivity index (χ4v) is 2.35. The Labute approximate surface area is 116 Å². The van der Waals surface area contributed by atoms with Crippen molar-refractivity contribution < 1.29 is 18.3 Å². The van der Waals surface area contributed by atoms with E-state index in [4.69, 9.17) is 0 Å². The lowest BCUT2D eigenvalue weighted by Crippen LogP contribution is -2.41. The lowest BCUT2D eigenvalue weighted by atomic mass is 10.2. The third-order valence-corrected chi connectivity index (χ3v) is 3.72. The quantitative estimate of drug-likeness (QED) is 0.733. The van der Waals surface area contributed by atoms with Gasteiger partial charge in [0, 0.05) is 5.56 Å². The fourth-order valence-electron chi connectivity index (χ4n) is 1.49. The number of amides is 1. The Kier molecular flexibility index (Phi) is 4.02. The van der Waals surface area contributed by atoms with Gasteiger partial charge in [-0.25, -0.2) is 8.42 Å². The molecule has 2 aromatic rings. The molecule has 0 heterocycles. The maximum Gasteiger partial charge on any atom is 0.266 e. The van der Waals surface area contributed by atoms with Gasteiger partial charge in [0.25, 0.3) is 15.9 Å². The Bertz CT molecular complexity index is 714. The first-order chi connectivity index (χ1) is 9.49. The van der Waals surface area contributed by atoms with Gasteiger partial charge in [0.05, 0.1) is 4.90 Å². The largest absolute Gasteiger partial charge is 0.508 e. The molecule has 0 spiro atoms. The lowest BCUT2D eigenvalue weighted by molar-refractivity contribution is 0.0944. The lowest BCUT2D eigenvalue weighted by Gasteiger charge is -2.08. The van der Waals surface area contributed by atoms with Crippen molar-refractivity contribution in [2.24, 2.45) is 0 Å². The monoisotopic (exact) mass is 292 g/mol. The number of phenols is 1. The van der Waals surface area contributed by atoms with E-state index in [-0.39, 0.29) is 16.2 Å². The van der Waals surface area contributed by atoms with Crippen molar-refractivity contribution in [2.75, 3.05) is 0 Å². The number of rotatable bonds is 4. The van der Waals surface area contributed by atoms with Crippen LogP contribution in [-0.4, -0.2) is 19.4 Å². The van der Waals surface area contributed by atoms with Crippen LogP contribution in [0.5, 0.6) is 5.75 Å². The zero-order valence-electron chi connectivity index (χ0n) is 10.3. The van der Waals surface area contributed by atoms with E-state index in [1.165, 1.54) is 36.4 Å². The predicted octanol–water partition coefficient (Wildman–Crippen LogP) is 1.02. The van der Waals surface area contributed by atoms with Crippen molar-refractivity contribution in [3.8, 4) is 5.75 Å². The topological polar surface area (TPSA) is 95.5 Å². The Hall–Kier alpha value is -2.38. The summed E-state index contributed by atoms with van der Waals surface area (Å²) >= 11 is 0. The van der Waals surface area contributed by atoms with Crippen molar-refractivity contribution >= 4 is 15.9 Å². The van der Waals surface area contributed by atoms with Crippen molar-refractivity contribution in [1.82, 2.24) is 10.3 Å². The fraction of sp³-hybridized carbons (Fsp3) is 0. The molecule has 2 rings (SSSR count). The molecule has 104 valence electrons. The summed E-state index contributed by atoms with van der Waals surface area (Å²) in [7, 11) is -3.82. The molecule has 7 heteroatoms. The number of hydrogen-bond acceptors (Lipinski definition) is 4. The van der Waals surface area contributed by atoms with Crippen LogP contribution in [0.4, 0.5) is 0 Å². The molecule has 0 aliphatic heterocycles. The highest BCUT2D eigenvalue weighted by atomic mass is 32.2. The summed E-state index contributed by atoms with van der Waals surface area (Å²) in [6.45, 7) is 0. The molecule has 3 N–H and O–H groups in total. The van der Waals surface area contributed by atoms with E-state index in [1.807, 2.05) is 4.83 Å². The van der Waals surface area contributed by atoms with Crippen molar-refractivity contribution in [2.45, 2.75) is 4.90 Å². The summed E-state index contributed by atoms with van der Waals surface area (Å²) in [5.74, 6) is -0.746. The molecule has 0 atom stereocenters. The first kappa shape index (κ1) is 14.0. The molecule has 2 aromatic carbocycles. The highest BCUT2D eigenvalue weighted by Gasteiger charge is 2.15. The summed E-state index contributed by atoms with van der Waals surface area (Å²) < 4.78 is 23.7. The highest BCUT2D eigenvalue weighted by molar-refractivity contribution is 7.89. The van der Waals surface area contributed by atoms with E-state index in [0.717, 1.165) is 0 Å². The second-order valence-corrected chi connectivity index (χ2v) is 5.61. The average Bonchev–Trinajstić information content (AvgIpc) is 2.46. The van der Waals surface area contributed by atoms with Crippen LogP contribution in [0.25, 0.3) is 0 Å². The van der Waals surface area contributed by atoms with E-state index in [0.29, 0.717) is 0 Å². The number of carbonyl (C=O) groups is 1. The van der Waals surface area contributed by atoms with Crippen molar-refractivity contribution in [3.63, 3.8) is 0 Å². The predicted molar refractivity (Wildman–Crippen MR) is 72.3 cm³/mol. The van der Waals surface area contributed by atoms with Gasteiger partial charge in [-0.3, -0.25) is 10.2 Å². The number of hydrogen-bond donors (Lipinski definition) is 3. The highest BCUT2D eigenvalue weighted by Crippen LogP contribution is 2.10. The summed E-state index contributed by atoms with van der Waals surface area (Å²) in [6.07, 6.45) is 0. The molecular formula is C13H12N2O4S. The van der Waals surface area contributed by atoms with Gasteiger partial charge in [0.15, 0.2) is 0 Å². The van der Waals surface area contributed by atoms with Crippen LogP contribution in [0.15, 0.2) is 59.5 Å². The molecule has 20 heavy (non-hydrogen) atoms. The van der Waals surface area contributed by atoms with E-state index in [1.54, 1.807) is 18.2 Å². The van der Waals surface area contributed by atoms with Gasteiger partial charge in [0.2, 0.25) is 0 Å². The summed E-state index contributed by atoms with van der Waals surface area (Å²) in [5.41, 5.74) is 2.22. The third-order valence-electron chi connectivity index (χ3n) is 2.46. The number of carbonyl (C=O) groups excluding carboxylic acids is 1. The maximum absolute atomic E-state index is 11.9. The van der Waals surface area contributed by atoms with Crippen LogP contribution in [-0.2, 0) is 10.0 Å². The zero-order chi connectivity index (χ0) is 14.6. The van der Waals surface area contributed by atoms with Gasteiger partial charge in [-0.1, -0.05) is 24.3 Å². The minimum atomic E-state index is -3.82. The standard InChI is InChI=1S/C13H12N2O4S/c16-11-6-4-5-10(9-11)13(17)14-15-20(18,19)12-7-2-1-3-8-12/h1-9,15-16H,(H,14,17). The SMILES string of the molecule is O=C(NNS(=O)(=O)c1ccccc1)c1cccc(O)c1. The van der Waals surface area contributed by atoms with Crippen LogP contribution in [0.2, 0.25) is 0 Å². The van der Waals surface area contributed by atoms with Gasteiger partial charge >= 0.3 is 0 Å². The Morgan fingerprint density at radius 1 is 1.00 bits per heavy atom. The van der Waals surface area contributed by atoms with Crippen molar-refractivity contribution in [3.05, 3.63) is 60.2 Å². The number of sulfonamides is 1. The summed E-state index contributed by atoms with van der Waals surface area (Å²) in [6, 6.07) is 13.2. The molecule has 0 radical (unpaired) electrons. The molecule has 1 amide bonds.